The SMILES string of the molecule is C1CSCCN1.OS1(O)CCNCC1. The molecular weight excluding hydrogens is 220 g/mol. The van der Waals surface area contributed by atoms with Crippen LogP contribution in [-0.4, -0.2) is 58.3 Å². The van der Waals surface area contributed by atoms with Gasteiger partial charge in [0.1, 0.15) is 0 Å². The van der Waals surface area contributed by atoms with Gasteiger partial charge in [-0.25, -0.2) is 0 Å². The zero-order valence-electron chi connectivity index (χ0n) is 8.37. The van der Waals surface area contributed by atoms with E-state index in [4.69, 9.17) is 9.11 Å². The van der Waals surface area contributed by atoms with Gasteiger partial charge in [-0.15, -0.1) is 0 Å². The van der Waals surface area contributed by atoms with Crippen LogP contribution in [0.5, 0.6) is 0 Å². The van der Waals surface area contributed by atoms with E-state index in [1.807, 2.05) is 11.8 Å². The van der Waals surface area contributed by atoms with E-state index in [0.29, 0.717) is 11.5 Å². The van der Waals surface area contributed by atoms with Crippen LogP contribution in [0.2, 0.25) is 0 Å². The molecule has 0 aromatic rings. The Labute approximate surface area is 91.6 Å². The summed E-state index contributed by atoms with van der Waals surface area (Å²) < 4.78 is 17.9. The van der Waals surface area contributed by atoms with Crippen LogP contribution < -0.4 is 10.6 Å². The van der Waals surface area contributed by atoms with E-state index in [2.05, 4.69) is 10.6 Å². The van der Waals surface area contributed by atoms with Gasteiger partial charge in [-0.05, 0) is 0 Å². The first kappa shape index (κ1) is 12.6. The Bertz CT molecular complexity index is 135. The highest BCUT2D eigenvalue weighted by Gasteiger charge is 2.14. The zero-order chi connectivity index (χ0) is 10.3. The van der Waals surface area contributed by atoms with Gasteiger partial charge in [0.2, 0.25) is 0 Å². The summed E-state index contributed by atoms with van der Waals surface area (Å²) in [4.78, 5) is 0. The molecule has 0 aliphatic carbocycles. The molecule has 0 bridgehead atoms. The fourth-order valence-electron chi connectivity index (χ4n) is 1.21. The van der Waals surface area contributed by atoms with Crippen LogP contribution in [0, 0.1) is 0 Å². The standard InChI is InChI=1S/C4H11NO2S.C4H9NS/c6-8(7)3-1-5-2-4-8;1-3-6-4-2-5-1/h5-7H,1-4H2;5H,1-4H2. The van der Waals surface area contributed by atoms with Crippen LogP contribution in [-0.2, 0) is 0 Å². The Morgan fingerprint density at radius 3 is 1.57 bits per heavy atom. The number of nitrogens with one attached hydrogen (secondary N) is 2. The molecule has 0 unspecified atom stereocenters. The minimum absolute atomic E-state index is 0.535. The van der Waals surface area contributed by atoms with Crippen molar-refractivity contribution < 1.29 is 9.11 Å². The van der Waals surface area contributed by atoms with Crippen molar-refractivity contribution in [3.05, 3.63) is 0 Å². The van der Waals surface area contributed by atoms with Crippen molar-refractivity contribution in [3.63, 3.8) is 0 Å². The predicted molar refractivity (Wildman–Crippen MR) is 65.6 cm³/mol. The molecule has 86 valence electrons. The predicted octanol–water partition coefficient (Wildman–Crippen LogP) is 0.663. The van der Waals surface area contributed by atoms with Crippen molar-refractivity contribution in [2.75, 3.05) is 49.2 Å². The second kappa shape index (κ2) is 6.92. The fraction of sp³-hybridized carbons (Fsp3) is 1.00. The highest BCUT2D eigenvalue weighted by Crippen LogP contribution is 2.38. The van der Waals surface area contributed by atoms with E-state index in [-0.39, 0.29) is 0 Å². The summed E-state index contributed by atoms with van der Waals surface area (Å²) >= 11 is 2.03. The maximum atomic E-state index is 8.97. The lowest BCUT2D eigenvalue weighted by atomic mass is 10.6. The lowest BCUT2D eigenvalue weighted by molar-refractivity contribution is 0.473. The van der Waals surface area contributed by atoms with Gasteiger partial charge in [0, 0.05) is 49.2 Å². The van der Waals surface area contributed by atoms with Crippen LogP contribution in [0.1, 0.15) is 0 Å². The van der Waals surface area contributed by atoms with Gasteiger partial charge >= 0.3 is 0 Å². The molecule has 4 N–H and O–H groups in total. The number of thioether (sulfide) groups is 1. The fourth-order valence-corrected chi connectivity index (χ4v) is 3.14. The number of hydrogen-bond donors (Lipinski definition) is 4. The summed E-state index contributed by atoms with van der Waals surface area (Å²) in [5.74, 6) is 3.68. The first-order valence-corrected chi connectivity index (χ1v) is 7.97. The molecule has 0 saturated carbocycles. The Balaban J connectivity index is 0.000000146. The summed E-state index contributed by atoms with van der Waals surface area (Å²) in [6, 6.07) is 0. The van der Waals surface area contributed by atoms with Crippen LogP contribution >= 0.6 is 22.4 Å². The van der Waals surface area contributed by atoms with Gasteiger partial charge < -0.3 is 10.6 Å². The van der Waals surface area contributed by atoms with Gasteiger partial charge in [0.15, 0.2) is 0 Å². The van der Waals surface area contributed by atoms with Gasteiger partial charge in [0.25, 0.3) is 0 Å². The first-order valence-electron chi connectivity index (χ1n) is 4.93. The molecule has 2 saturated heterocycles. The Morgan fingerprint density at radius 1 is 0.857 bits per heavy atom. The molecule has 14 heavy (non-hydrogen) atoms. The minimum atomic E-state index is -2.15. The van der Waals surface area contributed by atoms with Gasteiger partial charge in [0.05, 0.1) is 0 Å². The van der Waals surface area contributed by atoms with Crippen molar-refractivity contribution in [1.29, 1.82) is 0 Å². The average Bonchev–Trinajstić information content (AvgIpc) is 2.21. The maximum Gasteiger partial charge on any atom is 0.0499 e. The summed E-state index contributed by atoms with van der Waals surface area (Å²) in [5.41, 5.74) is 0. The summed E-state index contributed by atoms with van der Waals surface area (Å²) in [6.07, 6.45) is 0. The van der Waals surface area contributed by atoms with E-state index >= 15 is 0 Å². The van der Waals surface area contributed by atoms with E-state index in [1.165, 1.54) is 24.6 Å². The maximum absolute atomic E-state index is 8.97. The van der Waals surface area contributed by atoms with Crippen molar-refractivity contribution in [2.45, 2.75) is 0 Å². The highest BCUT2D eigenvalue weighted by atomic mass is 32.3. The molecule has 0 radical (unpaired) electrons. The lowest BCUT2D eigenvalue weighted by Gasteiger charge is -2.35. The molecule has 2 heterocycles. The van der Waals surface area contributed by atoms with E-state index in [9.17, 15) is 0 Å². The molecule has 0 amide bonds. The molecule has 0 spiro atoms. The van der Waals surface area contributed by atoms with Gasteiger partial charge in [-0.1, -0.05) is 0 Å². The third kappa shape index (κ3) is 6.10. The van der Waals surface area contributed by atoms with Crippen molar-refractivity contribution in [3.8, 4) is 0 Å². The summed E-state index contributed by atoms with van der Waals surface area (Å²) in [5, 5.41) is 6.31. The zero-order valence-corrected chi connectivity index (χ0v) is 10.0. The van der Waals surface area contributed by atoms with Crippen LogP contribution in [0.15, 0.2) is 0 Å². The molecule has 0 atom stereocenters. The second-order valence-electron chi connectivity index (χ2n) is 3.32. The monoisotopic (exact) mass is 240 g/mol. The average molecular weight is 240 g/mol. The van der Waals surface area contributed by atoms with Crippen molar-refractivity contribution in [2.24, 2.45) is 0 Å². The molecule has 2 aliphatic rings. The van der Waals surface area contributed by atoms with E-state index in [0.717, 1.165) is 13.1 Å². The molecule has 0 aromatic heterocycles. The molecule has 0 aromatic carbocycles. The third-order valence-electron chi connectivity index (χ3n) is 2.06. The third-order valence-corrected chi connectivity index (χ3v) is 4.76. The number of hydrogen-bond acceptors (Lipinski definition) is 5. The Kier molecular flexibility index (Phi) is 6.23. The minimum Gasteiger partial charge on any atom is -0.315 e. The molecule has 2 aliphatic heterocycles. The van der Waals surface area contributed by atoms with Gasteiger partial charge in [-0.2, -0.15) is 22.4 Å². The van der Waals surface area contributed by atoms with Crippen molar-refractivity contribution in [1.82, 2.24) is 10.6 Å². The van der Waals surface area contributed by atoms with Crippen molar-refractivity contribution >= 4 is 22.4 Å². The van der Waals surface area contributed by atoms with Crippen LogP contribution in [0.3, 0.4) is 0 Å². The van der Waals surface area contributed by atoms with E-state index < -0.39 is 10.6 Å². The topological polar surface area (TPSA) is 64.5 Å². The summed E-state index contributed by atoms with van der Waals surface area (Å²) in [6.45, 7) is 3.93. The van der Waals surface area contributed by atoms with Crippen LogP contribution in [0.25, 0.3) is 0 Å². The highest BCUT2D eigenvalue weighted by molar-refractivity contribution is 8.24. The quantitative estimate of drug-likeness (QED) is 0.501. The Morgan fingerprint density at radius 2 is 1.36 bits per heavy atom. The first-order chi connectivity index (χ1) is 6.71. The smallest absolute Gasteiger partial charge is 0.0499 e. The molecule has 2 fully saturated rings. The van der Waals surface area contributed by atoms with E-state index in [1.54, 1.807) is 0 Å². The molecule has 6 heteroatoms. The molecule has 2 rings (SSSR count). The summed E-state index contributed by atoms with van der Waals surface area (Å²) in [7, 11) is -2.15. The second-order valence-corrected chi connectivity index (χ2v) is 6.97. The normalized spacial score (nSPS) is 28.4. The lowest BCUT2D eigenvalue weighted by Crippen LogP contribution is -2.33. The Hall–Kier alpha value is 0.540. The number of rotatable bonds is 0. The molecular formula is C8H20N2O2S2. The van der Waals surface area contributed by atoms with Gasteiger partial charge in [-0.3, -0.25) is 9.11 Å². The van der Waals surface area contributed by atoms with Crippen LogP contribution in [0.4, 0.5) is 0 Å². The molecule has 4 nitrogen and oxygen atoms in total. The largest absolute Gasteiger partial charge is 0.315 e.